The topological polar surface area (TPSA) is 28.0 Å². The van der Waals surface area contributed by atoms with Crippen molar-refractivity contribution < 1.29 is 0 Å². The summed E-state index contributed by atoms with van der Waals surface area (Å²) in [4.78, 5) is 0. The van der Waals surface area contributed by atoms with Crippen molar-refractivity contribution >= 4 is 12.6 Å². The molecule has 0 aromatic heterocycles. The lowest BCUT2D eigenvalue weighted by atomic mass is 9.55. The molecule has 0 spiro atoms. The van der Waals surface area contributed by atoms with Crippen LogP contribution in [0.5, 0.6) is 0 Å². The second-order valence-electron chi connectivity index (χ2n) is 7.80. The molecular weight excluding hydrogens is 278 g/mol. The zero-order valence-electron chi connectivity index (χ0n) is 14.4. The molecule has 5 unspecified atom stereocenters. The van der Waals surface area contributed by atoms with Gasteiger partial charge in [-0.15, -0.1) is 0 Å². The fourth-order valence-corrected chi connectivity index (χ4v) is 4.25. The molecule has 4 heteroatoms. The van der Waals surface area contributed by atoms with Crippen LogP contribution in [-0.2, 0) is 0 Å². The molecule has 3 nitrogen and oxygen atoms in total. The van der Waals surface area contributed by atoms with E-state index in [4.69, 9.17) is 0 Å². The highest BCUT2D eigenvalue weighted by Crippen LogP contribution is 2.54. The van der Waals surface area contributed by atoms with Gasteiger partial charge < -0.3 is 0 Å². The Kier molecular flexibility index (Phi) is 5.61. The van der Waals surface area contributed by atoms with Crippen molar-refractivity contribution in [2.75, 3.05) is 0 Å². The molecule has 0 N–H and O–H groups in total. The summed E-state index contributed by atoms with van der Waals surface area (Å²) in [5.41, 5.74) is 0.482. The monoisotopic (exact) mass is 311 g/mol. The molecule has 1 aliphatic carbocycles. The molecule has 0 bridgehead atoms. The van der Waals surface area contributed by atoms with Crippen molar-refractivity contribution in [2.24, 2.45) is 27.6 Å². The number of hydrogen-bond acceptors (Lipinski definition) is 4. The molecule has 1 heterocycles. The smallest absolute Gasteiger partial charge is 0.0983 e. The van der Waals surface area contributed by atoms with Crippen LogP contribution in [0, 0.1) is 17.3 Å². The van der Waals surface area contributed by atoms with E-state index in [9.17, 15) is 0 Å². The molecule has 0 saturated heterocycles. The Labute approximate surface area is 136 Å². The molecular formula is C17H33N3S. The summed E-state index contributed by atoms with van der Waals surface area (Å²) in [6, 6.07) is 0.858. The molecule has 1 aliphatic heterocycles. The van der Waals surface area contributed by atoms with E-state index in [1.54, 1.807) is 0 Å². The minimum Gasteiger partial charge on any atom is -0.261 e. The third-order valence-corrected chi connectivity index (χ3v) is 5.85. The molecule has 1 saturated carbocycles. The van der Waals surface area contributed by atoms with E-state index < -0.39 is 0 Å². The predicted molar refractivity (Wildman–Crippen MR) is 92.5 cm³/mol. The van der Waals surface area contributed by atoms with Crippen molar-refractivity contribution in [3.05, 3.63) is 0 Å². The lowest BCUT2D eigenvalue weighted by molar-refractivity contribution is 0.000960. The van der Waals surface area contributed by atoms with Gasteiger partial charge in [-0.3, -0.25) is 5.01 Å². The van der Waals surface area contributed by atoms with Crippen LogP contribution in [0.25, 0.3) is 0 Å². The largest absolute Gasteiger partial charge is 0.261 e. The number of thiol groups is 1. The van der Waals surface area contributed by atoms with Crippen molar-refractivity contribution in [1.29, 1.82) is 0 Å². The molecule has 122 valence electrons. The summed E-state index contributed by atoms with van der Waals surface area (Å²) in [6.07, 6.45) is 7.75. The average molecular weight is 312 g/mol. The first-order valence-corrected chi connectivity index (χ1v) is 9.28. The first kappa shape index (κ1) is 17.1. The Balaban J connectivity index is 2.04. The number of nitrogens with zero attached hydrogens (tertiary/aromatic N) is 3. The summed E-state index contributed by atoms with van der Waals surface area (Å²) < 4.78 is 0. The van der Waals surface area contributed by atoms with Crippen molar-refractivity contribution in [2.45, 2.75) is 90.6 Å². The predicted octanol–water partition coefficient (Wildman–Crippen LogP) is 5.33. The summed E-state index contributed by atoms with van der Waals surface area (Å²) in [7, 11) is 0. The Hall–Kier alpha value is -0.250. The third-order valence-electron chi connectivity index (χ3n) is 5.62. The van der Waals surface area contributed by atoms with E-state index in [0.29, 0.717) is 23.4 Å². The normalized spacial score (nSPS) is 37.1. The molecule has 0 aromatic carbocycles. The number of rotatable bonds is 7. The lowest BCUT2D eigenvalue weighted by Gasteiger charge is -2.51. The highest BCUT2D eigenvalue weighted by atomic mass is 32.1. The summed E-state index contributed by atoms with van der Waals surface area (Å²) in [5, 5.41) is 11.4. The zero-order valence-corrected chi connectivity index (χ0v) is 15.3. The van der Waals surface area contributed by atoms with Crippen LogP contribution in [0.3, 0.4) is 0 Å². The van der Waals surface area contributed by atoms with Crippen LogP contribution in [0.15, 0.2) is 10.3 Å². The Morgan fingerprint density at radius 2 is 2.05 bits per heavy atom. The minimum atomic E-state index is 0.164. The highest BCUT2D eigenvalue weighted by molar-refractivity contribution is 7.80. The molecule has 2 rings (SSSR count). The van der Waals surface area contributed by atoms with E-state index in [0.717, 1.165) is 5.92 Å². The average Bonchev–Trinajstić information content (AvgIpc) is 2.79. The third kappa shape index (κ3) is 3.57. The second-order valence-corrected chi connectivity index (χ2v) is 8.54. The Morgan fingerprint density at radius 1 is 1.33 bits per heavy atom. The van der Waals surface area contributed by atoms with Crippen LogP contribution >= 0.6 is 12.6 Å². The first-order chi connectivity index (χ1) is 9.89. The van der Waals surface area contributed by atoms with E-state index in [1.807, 2.05) is 0 Å². The molecule has 0 amide bonds. The van der Waals surface area contributed by atoms with Gasteiger partial charge in [-0.1, -0.05) is 45.8 Å². The van der Waals surface area contributed by atoms with Crippen LogP contribution in [0.2, 0.25) is 0 Å². The Bertz CT molecular complexity index is 369. The quantitative estimate of drug-likeness (QED) is 0.632. The van der Waals surface area contributed by atoms with Crippen molar-refractivity contribution in [3.63, 3.8) is 0 Å². The van der Waals surface area contributed by atoms with Crippen molar-refractivity contribution in [3.8, 4) is 0 Å². The van der Waals surface area contributed by atoms with Gasteiger partial charge in [-0.05, 0) is 49.9 Å². The van der Waals surface area contributed by atoms with Gasteiger partial charge in [-0.2, -0.15) is 17.7 Å². The molecule has 0 radical (unpaired) electrons. The van der Waals surface area contributed by atoms with Gasteiger partial charge in [0, 0.05) is 0 Å². The maximum Gasteiger partial charge on any atom is 0.0983 e. The van der Waals surface area contributed by atoms with Crippen molar-refractivity contribution in [1.82, 2.24) is 5.01 Å². The van der Waals surface area contributed by atoms with Gasteiger partial charge in [0.15, 0.2) is 0 Å². The first-order valence-electron chi connectivity index (χ1n) is 8.76. The van der Waals surface area contributed by atoms with Gasteiger partial charge in [-0.25, -0.2) is 0 Å². The van der Waals surface area contributed by atoms with Gasteiger partial charge in [0.05, 0.1) is 17.5 Å². The van der Waals surface area contributed by atoms with Crippen LogP contribution in [0.4, 0.5) is 0 Å². The zero-order chi connectivity index (χ0) is 15.6. The maximum atomic E-state index is 4.69. The summed E-state index contributed by atoms with van der Waals surface area (Å²) >= 11 is 4.59. The van der Waals surface area contributed by atoms with E-state index in [2.05, 4.69) is 62.6 Å². The van der Waals surface area contributed by atoms with Gasteiger partial charge in [0.25, 0.3) is 0 Å². The minimum absolute atomic E-state index is 0.164. The molecule has 1 fully saturated rings. The molecule has 2 aliphatic rings. The lowest BCUT2D eigenvalue weighted by Crippen LogP contribution is -2.50. The highest BCUT2D eigenvalue weighted by Gasteiger charge is 2.51. The molecule has 5 atom stereocenters. The van der Waals surface area contributed by atoms with Gasteiger partial charge in [0.1, 0.15) is 0 Å². The second kappa shape index (κ2) is 6.89. The standard InChI is InChI=1S/C17H33N3S/c1-6-7-15-16(18-19-20(15)13(4)21)14-9-11-17(14,5)10-8-12(2)3/h12-16,21H,6-11H2,1-5H3. The fourth-order valence-electron chi connectivity index (χ4n) is 4.03. The van der Waals surface area contributed by atoms with Crippen LogP contribution in [0.1, 0.15) is 73.1 Å². The summed E-state index contributed by atoms with van der Waals surface area (Å²) in [6.45, 7) is 11.5. The van der Waals surface area contributed by atoms with E-state index in [-0.39, 0.29) is 5.37 Å². The number of hydrogen-bond donors (Lipinski definition) is 1. The van der Waals surface area contributed by atoms with Gasteiger partial charge in [0.2, 0.25) is 0 Å². The SMILES string of the molecule is CCCC1C(C2CCC2(C)CCC(C)C)N=NN1C(C)S. The Morgan fingerprint density at radius 3 is 2.52 bits per heavy atom. The summed E-state index contributed by atoms with van der Waals surface area (Å²) in [5.74, 6) is 1.52. The van der Waals surface area contributed by atoms with Crippen LogP contribution < -0.4 is 0 Å². The van der Waals surface area contributed by atoms with Crippen LogP contribution in [-0.4, -0.2) is 22.5 Å². The van der Waals surface area contributed by atoms with E-state index >= 15 is 0 Å². The van der Waals surface area contributed by atoms with E-state index in [1.165, 1.54) is 38.5 Å². The maximum absolute atomic E-state index is 4.69. The van der Waals surface area contributed by atoms with Gasteiger partial charge >= 0.3 is 0 Å². The molecule has 0 aromatic rings. The fraction of sp³-hybridized carbons (Fsp3) is 1.00. The molecule has 21 heavy (non-hydrogen) atoms.